The van der Waals surface area contributed by atoms with E-state index in [0.29, 0.717) is 29.1 Å². The molecule has 3 rings (SSSR count). The van der Waals surface area contributed by atoms with Crippen LogP contribution in [-0.2, 0) is 6.54 Å². The van der Waals surface area contributed by atoms with Gasteiger partial charge in [0.25, 0.3) is 0 Å². The van der Waals surface area contributed by atoms with Crippen LogP contribution in [0.4, 0.5) is 0 Å². The normalized spacial score (nSPS) is 25.0. The maximum Gasteiger partial charge on any atom is 0.231 e. The van der Waals surface area contributed by atoms with Gasteiger partial charge in [-0.2, -0.15) is 0 Å². The first kappa shape index (κ1) is 14.9. The van der Waals surface area contributed by atoms with Crippen LogP contribution < -0.4 is 9.47 Å². The van der Waals surface area contributed by atoms with Gasteiger partial charge in [0, 0.05) is 25.7 Å². The molecule has 0 aromatic heterocycles. The van der Waals surface area contributed by atoms with E-state index in [-0.39, 0.29) is 12.9 Å². The van der Waals surface area contributed by atoms with Gasteiger partial charge in [-0.3, -0.25) is 4.90 Å². The van der Waals surface area contributed by atoms with Crippen LogP contribution in [0.2, 0.25) is 5.02 Å². The summed E-state index contributed by atoms with van der Waals surface area (Å²) in [7, 11) is 4.11. The van der Waals surface area contributed by atoms with Crippen molar-refractivity contribution in [2.24, 2.45) is 0 Å². The van der Waals surface area contributed by atoms with Gasteiger partial charge in [-0.1, -0.05) is 11.6 Å². The Morgan fingerprint density at radius 2 is 2.19 bits per heavy atom. The highest BCUT2D eigenvalue weighted by molar-refractivity contribution is 6.32. The number of benzene rings is 1. The van der Waals surface area contributed by atoms with Gasteiger partial charge in [0.05, 0.1) is 11.1 Å². The van der Waals surface area contributed by atoms with Crippen molar-refractivity contribution in [2.75, 3.05) is 34.0 Å². The SMILES string of the molecule is CN(C)CC1CC(O)CN1Cc1cc(Cl)c2c(c1)OCO2. The number of ether oxygens (including phenoxy) is 2. The summed E-state index contributed by atoms with van der Waals surface area (Å²) in [4.78, 5) is 4.46. The summed E-state index contributed by atoms with van der Waals surface area (Å²) in [6.07, 6.45) is 0.565. The number of aliphatic hydroxyl groups excluding tert-OH is 1. The number of β-amino-alcohol motifs (C(OH)–C–C–N with tert-alkyl or cyclic N) is 1. The summed E-state index contributed by atoms with van der Waals surface area (Å²) in [5.41, 5.74) is 1.09. The van der Waals surface area contributed by atoms with E-state index in [4.69, 9.17) is 21.1 Å². The average Bonchev–Trinajstić information content (AvgIpc) is 2.96. The number of rotatable bonds is 4. The van der Waals surface area contributed by atoms with Gasteiger partial charge in [0.2, 0.25) is 6.79 Å². The molecular formula is C15H21ClN2O3. The van der Waals surface area contributed by atoms with Crippen molar-refractivity contribution < 1.29 is 14.6 Å². The highest BCUT2D eigenvalue weighted by Crippen LogP contribution is 2.40. The van der Waals surface area contributed by atoms with Crippen molar-refractivity contribution in [1.82, 2.24) is 9.80 Å². The van der Waals surface area contributed by atoms with Crippen molar-refractivity contribution >= 4 is 11.6 Å². The van der Waals surface area contributed by atoms with Crippen molar-refractivity contribution in [3.05, 3.63) is 22.7 Å². The zero-order chi connectivity index (χ0) is 15.0. The topological polar surface area (TPSA) is 45.2 Å². The third kappa shape index (κ3) is 3.26. The molecule has 0 radical (unpaired) electrons. The van der Waals surface area contributed by atoms with E-state index in [1.165, 1.54) is 0 Å². The van der Waals surface area contributed by atoms with Crippen LogP contribution in [0.3, 0.4) is 0 Å². The second-order valence-electron chi connectivity index (χ2n) is 6.05. The third-order valence-electron chi connectivity index (χ3n) is 3.95. The van der Waals surface area contributed by atoms with Gasteiger partial charge in [0.15, 0.2) is 11.5 Å². The number of halogens is 1. The highest BCUT2D eigenvalue weighted by Gasteiger charge is 2.31. The van der Waals surface area contributed by atoms with Crippen molar-refractivity contribution in [2.45, 2.75) is 25.1 Å². The molecule has 1 fully saturated rings. The van der Waals surface area contributed by atoms with E-state index >= 15 is 0 Å². The Bertz CT molecular complexity index is 524. The van der Waals surface area contributed by atoms with Crippen LogP contribution in [0.15, 0.2) is 12.1 Å². The van der Waals surface area contributed by atoms with E-state index in [1.54, 1.807) is 0 Å². The number of likely N-dealkylation sites (tertiary alicyclic amines) is 1. The number of hydrogen-bond donors (Lipinski definition) is 1. The second kappa shape index (κ2) is 6.01. The smallest absolute Gasteiger partial charge is 0.231 e. The van der Waals surface area contributed by atoms with Crippen LogP contribution in [0.1, 0.15) is 12.0 Å². The van der Waals surface area contributed by atoms with Gasteiger partial charge in [-0.15, -0.1) is 0 Å². The zero-order valence-corrected chi connectivity index (χ0v) is 13.1. The summed E-state index contributed by atoms with van der Waals surface area (Å²) < 4.78 is 10.7. The summed E-state index contributed by atoms with van der Waals surface area (Å²) in [5, 5.41) is 10.5. The van der Waals surface area contributed by atoms with Crippen LogP contribution in [-0.4, -0.2) is 61.0 Å². The lowest BCUT2D eigenvalue weighted by atomic mass is 10.1. The molecule has 2 atom stereocenters. The third-order valence-corrected chi connectivity index (χ3v) is 4.24. The Balaban J connectivity index is 1.75. The average molecular weight is 313 g/mol. The number of hydrogen-bond acceptors (Lipinski definition) is 5. The fourth-order valence-electron chi connectivity index (χ4n) is 3.11. The molecule has 0 amide bonds. The van der Waals surface area contributed by atoms with Crippen molar-refractivity contribution in [3.63, 3.8) is 0 Å². The standard InChI is InChI=1S/C15H21ClN2O3/c1-17(2)7-11-5-12(19)8-18(11)6-10-3-13(16)15-14(4-10)20-9-21-15/h3-4,11-12,19H,5-9H2,1-2H3. The van der Waals surface area contributed by atoms with E-state index in [9.17, 15) is 5.11 Å². The Hall–Kier alpha value is -1.01. The van der Waals surface area contributed by atoms with Crippen molar-refractivity contribution in [3.8, 4) is 11.5 Å². The molecule has 1 aromatic carbocycles. The summed E-state index contributed by atoms with van der Waals surface area (Å²) in [5.74, 6) is 1.34. The molecule has 1 saturated heterocycles. The molecule has 2 aliphatic rings. The number of fused-ring (bicyclic) bond motifs is 1. The molecule has 2 unspecified atom stereocenters. The van der Waals surface area contributed by atoms with Gasteiger partial charge < -0.3 is 19.5 Å². The first-order valence-electron chi connectivity index (χ1n) is 7.18. The van der Waals surface area contributed by atoms with Gasteiger partial charge in [0.1, 0.15) is 0 Å². The quantitative estimate of drug-likeness (QED) is 0.914. The molecule has 1 N–H and O–H groups in total. The fraction of sp³-hybridized carbons (Fsp3) is 0.600. The lowest BCUT2D eigenvalue weighted by molar-refractivity contribution is 0.169. The van der Waals surface area contributed by atoms with Crippen LogP contribution in [0.25, 0.3) is 0 Å². The minimum atomic E-state index is -0.251. The number of nitrogens with zero attached hydrogens (tertiary/aromatic N) is 2. The van der Waals surface area contributed by atoms with E-state index in [1.807, 2.05) is 12.1 Å². The fourth-order valence-corrected chi connectivity index (χ4v) is 3.40. The van der Waals surface area contributed by atoms with E-state index in [2.05, 4.69) is 23.9 Å². The van der Waals surface area contributed by atoms with Gasteiger partial charge in [-0.25, -0.2) is 0 Å². The molecular weight excluding hydrogens is 292 g/mol. The molecule has 21 heavy (non-hydrogen) atoms. The Kier molecular flexibility index (Phi) is 4.26. The zero-order valence-electron chi connectivity index (χ0n) is 12.4. The Morgan fingerprint density at radius 3 is 2.95 bits per heavy atom. The Labute approximate surface area is 130 Å². The lowest BCUT2D eigenvalue weighted by Crippen LogP contribution is -2.37. The second-order valence-corrected chi connectivity index (χ2v) is 6.45. The molecule has 116 valence electrons. The van der Waals surface area contributed by atoms with Crippen LogP contribution in [0, 0.1) is 0 Å². The van der Waals surface area contributed by atoms with Crippen LogP contribution in [0.5, 0.6) is 11.5 Å². The van der Waals surface area contributed by atoms with Gasteiger partial charge >= 0.3 is 0 Å². The van der Waals surface area contributed by atoms with Gasteiger partial charge in [-0.05, 0) is 38.2 Å². The molecule has 2 heterocycles. The maximum absolute atomic E-state index is 9.94. The first-order valence-corrected chi connectivity index (χ1v) is 7.55. The molecule has 6 heteroatoms. The molecule has 0 aliphatic carbocycles. The Morgan fingerprint density at radius 1 is 1.38 bits per heavy atom. The minimum Gasteiger partial charge on any atom is -0.454 e. The predicted octanol–water partition coefficient (Wildman–Crippen LogP) is 1.57. The molecule has 0 saturated carbocycles. The first-order chi connectivity index (χ1) is 10.0. The van der Waals surface area contributed by atoms with E-state index < -0.39 is 0 Å². The predicted molar refractivity (Wildman–Crippen MR) is 81.0 cm³/mol. The monoisotopic (exact) mass is 312 g/mol. The minimum absolute atomic E-state index is 0.226. The molecule has 5 nitrogen and oxygen atoms in total. The number of aliphatic hydroxyl groups is 1. The highest BCUT2D eigenvalue weighted by atomic mass is 35.5. The summed E-state index contributed by atoms with van der Waals surface area (Å²) in [6, 6.07) is 4.26. The lowest BCUT2D eigenvalue weighted by Gasteiger charge is -2.26. The summed E-state index contributed by atoms with van der Waals surface area (Å²) in [6.45, 7) is 2.62. The van der Waals surface area contributed by atoms with E-state index in [0.717, 1.165) is 25.1 Å². The number of likely N-dealkylation sites (N-methyl/N-ethyl adjacent to an activating group) is 1. The molecule has 1 aromatic rings. The molecule has 0 bridgehead atoms. The maximum atomic E-state index is 9.94. The molecule has 0 spiro atoms. The summed E-state index contributed by atoms with van der Waals surface area (Å²) >= 11 is 6.23. The largest absolute Gasteiger partial charge is 0.454 e. The molecule has 2 aliphatic heterocycles. The van der Waals surface area contributed by atoms with Crippen LogP contribution >= 0.6 is 11.6 Å². The van der Waals surface area contributed by atoms with Crippen molar-refractivity contribution in [1.29, 1.82) is 0 Å².